The van der Waals surface area contributed by atoms with Crippen molar-refractivity contribution in [1.29, 1.82) is 0 Å². The summed E-state index contributed by atoms with van der Waals surface area (Å²) in [5.74, 6) is 1.96. The van der Waals surface area contributed by atoms with Crippen LogP contribution in [0.5, 0.6) is 23.0 Å². The molecule has 4 aromatic rings. The van der Waals surface area contributed by atoms with Gasteiger partial charge in [0.25, 0.3) is 0 Å². The van der Waals surface area contributed by atoms with Crippen LogP contribution in [0.15, 0.2) is 60.7 Å². The fraction of sp³-hybridized carbons (Fsp3) is 0.459. The molecular formula is C37H44N2O4S. The molecule has 0 bridgehead atoms. The van der Waals surface area contributed by atoms with E-state index in [1.54, 1.807) is 17.4 Å². The zero-order chi connectivity index (χ0) is 29.9. The number of thiophene rings is 1. The topological polar surface area (TPSA) is 65.4 Å². The van der Waals surface area contributed by atoms with Gasteiger partial charge in [0.1, 0.15) is 24.2 Å². The minimum absolute atomic E-state index is 0.130. The largest absolute Gasteiger partial charge is 0.508 e. The first kappa shape index (κ1) is 29.5. The molecule has 3 fully saturated rings. The van der Waals surface area contributed by atoms with Gasteiger partial charge in [0.05, 0.1) is 0 Å². The Hall–Kier alpha value is -3.26. The zero-order valence-corrected chi connectivity index (χ0v) is 26.4. The lowest BCUT2D eigenvalue weighted by Gasteiger charge is -2.37. The van der Waals surface area contributed by atoms with E-state index in [1.165, 1.54) is 81.6 Å². The van der Waals surface area contributed by atoms with Crippen LogP contribution in [0.25, 0.3) is 20.5 Å². The molecule has 3 heterocycles. The average molecular weight is 613 g/mol. The summed E-state index contributed by atoms with van der Waals surface area (Å²) >= 11 is 1.69. The lowest BCUT2D eigenvalue weighted by molar-refractivity contribution is 0.0468. The Labute approximate surface area is 264 Å². The SMILES string of the molecule is Oc1ccc2c(Cc3ccc(O[C@H]4CCCC[C@@H]4N4CCCC4)c(O)c3)c(-c3ccc(OCCN4CCCC4)cc3)sc2c1. The highest BCUT2D eigenvalue weighted by molar-refractivity contribution is 7.22. The van der Waals surface area contributed by atoms with Crippen molar-refractivity contribution in [2.24, 2.45) is 0 Å². The third kappa shape index (κ3) is 6.56. The third-order valence-corrected chi connectivity index (χ3v) is 11.0. The molecule has 1 saturated carbocycles. The van der Waals surface area contributed by atoms with E-state index in [9.17, 15) is 10.2 Å². The van der Waals surface area contributed by atoms with Crippen LogP contribution in [-0.2, 0) is 6.42 Å². The van der Waals surface area contributed by atoms with Crippen LogP contribution < -0.4 is 9.47 Å². The molecule has 232 valence electrons. The van der Waals surface area contributed by atoms with E-state index < -0.39 is 0 Å². The summed E-state index contributed by atoms with van der Waals surface area (Å²) in [7, 11) is 0. The van der Waals surface area contributed by atoms with Crippen LogP contribution >= 0.6 is 11.3 Å². The number of benzene rings is 3. The number of fused-ring (bicyclic) bond motifs is 1. The first-order chi connectivity index (χ1) is 21.6. The van der Waals surface area contributed by atoms with Gasteiger partial charge in [0.15, 0.2) is 11.5 Å². The Kier molecular flexibility index (Phi) is 8.96. The molecule has 44 heavy (non-hydrogen) atoms. The van der Waals surface area contributed by atoms with Gasteiger partial charge in [-0.15, -0.1) is 11.3 Å². The van der Waals surface area contributed by atoms with Crippen molar-refractivity contribution in [2.45, 2.75) is 69.9 Å². The predicted octanol–water partition coefficient (Wildman–Crippen LogP) is 7.83. The van der Waals surface area contributed by atoms with Gasteiger partial charge in [0, 0.05) is 22.2 Å². The normalized spacial score (nSPS) is 21.3. The van der Waals surface area contributed by atoms with Crippen LogP contribution in [0.4, 0.5) is 0 Å². The van der Waals surface area contributed by atoms with E-state index in [1.807, 2.05) is 24.3 Å². The van der Waals surface area contributed by atoms with Crippen molar-refractivity contribution in [3.8, 4) is 33.4 Å². The second-order valence-electron chi connectivity index (χ2n) is 12.7. The monoisotopic (exact) mass is 612 g/mol. The second kappa shape index (κ2) is 13.4. The molecule has 7 rings (SSSR count). The molecule has 0 radical (unpaired) electrons. The number of rotatable bonds is 10. The van der Waals surface area contributed by atoms with Crippen molar-refractivity contribution in [3.63, 3.8) is 0 Å². The third-order valence-electron chi connectivity index (χ3n) is 9.73. The minimum Gasteiger partial charge on any atom is -0.508 e. The van der Waals surface area contributed by atoms with Crippen LogP contribution in [0.2, 0.25) is 0 Å². The second-order valence-corrected chi connectivity index (χ2v) is 13.8. The van der Waals surface area contributed by atoms with Crippen LogP contribution in [0.1, 0.15) is 62.5 Å². The van der Waals surface area contributed by atoms with Gasteiger partial charge in [-0.2, -0.15) is 0 Å². The molecule has 2 aliphatic heterocycles. The highest BCUT2D eigenvalue weighted by Crippen LogP contribution is 2.42. The molecule has 0 spiro atoms. The standard InChI is InChI=1S/C37H44N2O4S/c40-28-12-15-30-31(37(44-36(30)25-28)27-10-13-29(14-11-27)42-22-21-38-17-3-4-18-38)23-26-9-16-35(33(41)24-26)43-34-8-2-1-7-32(34)39-19-5-6-20-39/h9-16,24-25,32,34,40-41H,1-8,17-23H2/t32-,34-/m0/s1. The predicted molar refractivity (Wildman–Crippen MR) is 178 cm³/mol. The van der Waals surface area contributed by atoms with Crippen molar-refractivity contribution in [3.05, 3.63) is 71.8 Å². The average Bonchev–Trinajstić information content (AvgIpc) is 3.82. The van der Waals surface area contributed by atoms with E-state index in [2.05, 4.69) is 40.1 Å². The van der Waals surface area contributed by atoms with Gasteiger partial charge in [-0.05, 0) is 154 Å². The van der Waals surface area contributed by atoms with Gasteiger partial charge in [-0.1, -0.05) is 12.5 Å². The molecule has 2 saturated heterocycles. The number of likely N-dealkylation sites (tertiary alicyclic amines) is 2. The van der Waals surface area contributed by atoms with Crippen LogP contribution in [-0.4, -0.2) is 71.5 Å². The smallest absolute Gasteiger partial charge is 0.161 e. The Morgan fingerprint density at radius 3 is 2.36 bits per heavy atom. The van der Waals surface area contributed by atoms with Crippen molar-refractivity contribution in [1.82, 2.24) is 9.80 Å². The molecule has 3 aliphatic rings. The summed E-state index contributed by atoms with van der Waals surface area (Å²) in [5, 5.41) is 22.5. The molecular weight excluding hydrogens is 568 g/mol. The fourth-order valence-corrected chi connectivity index (χ4v) is 8.65. The number of hydrogen-bond acceptors (Lipinski definition) is 7. The Morgan fingerprint density at radius 1 is 0.795 bits per heavy atom. The Morgan fingerprint density at radius 2 is 1.57 bits per heavy atom. The Balaban J connectivity index is 1.09. The molecule has 7 heteroatoms. The lowest BCUT2D eigenvalue weighted by Crippen LogP contribution is -2.46. The first-order valence-electron chi connectivity index (χ1n) is 16.5. The highest BCUT2D eigenvalue weighted by atomic mass is 32.1. The minimum atomic E-state index is 0.130. The van der Waals surface area contributed by atoms with Crippen molar-refractivity contribution >= 4 is 21.4 Å². The molecule has 3 aromatic carbocycles. The van der Waals surface area contributed by atoms with E-state index in [4.69, 9.17) is 9.47 Å². The number of phenols is 2. The summed E-state index contributed by atoms with van der Waals surface area (Å²) in [6, 6.07) is 20.4. The Bertz CT molecular complexity index is 1560. The van der Waals surface area contributed by atoms with Crippen molar-refractivity contribution in [2.75, 3.05) is 39.3 Å². The number of ether oxygens (including phenoxy) is 2. The maximum absolute atomic E-state index is 11.1. The number of aromatic hydroxyl groups is 2. The quantitative estimate of drug-likeness (QED) is 0.190. The van der Waals surface area contributed by atoms with Crippen molar-refractivity contribution < 1.29 is 19.7 Å². The van der Waals surface area contributed by atoms with Gasteiger partial charge < -0.3 is 19.7 Å². The van der Waals surface area contributed by atoms with E-state index in [0.717, 1.165) is 39.9 Å². The lowest BCUT2D eigenvalue weighted by atomic mass is 9.91. The summed E-state index contributed by atoms with van der Waals surface area (Å²) in [6.45, 7) is 6.37. The molecule has 0 unspecified atom stereocenters. The van der Waals surface area contributed by atoms with Gasteiger partial charge in [-0.25, -0.2) is 0 Å². The van der Waals surface area contributed by atoms with E-state index in [0.29, 0.717) is 24.8 Å². The van der Waals surface area contributed by atoms with Gasteiger partial charge in [0.2, 0.25) is 0 Å². The van der Waals surface area contributed by atoms with Gasteiger partial charge in [-0.3, -0.25) is 9.80 Å². The van der Waals surface area contributed by atoms with Crippen LogP contribution in [0, 0.1) is 0 Å². The summed E-state index contributed by atoms with van der Waals surface area (Å²) in [6.07, 6.45) is 10.6. The maximum Gasteiger partial charge on any atom is 0.161 e. The summed E-state index contributed by atoms with van der Waals surface area (Å²) in [5.41, 5.74) is 3.36. The number of phenolic OH excluding ortho intramolecular Hbond substituents is 2. The molecule has 1 aromatic heterocycles. The summed E-state index contributed by atoms with van der Waals surface area (Å²) in [4.78, 5) is 6.24. The zero-order valence-electron chi connectivity index (χ0n) is 25.5. The van der Waals surface area contributed by atoms with E-state index >= 15 is 0 Å². The molecule has 2 atom stereocenters. The fourth-order valence-electron chi connectivity index (χ4n) is 7.39. The molecule has 2 N–H and O–H groups in total. The highest BCUT2D eigenvalue weighted by Gasteiger charge is 2.33. The molecule has 6 nitrogen and oxygen atoms in total. The first-order valence-corrected chi connectivity index (χ1v) is 17.3. The number of nitrogens with zero attached hydrogens (tertiary/aromatic N) is 2. The van der Waals surface area contributed by atoms with E-state index in [-0.39, 0.29) is 17.6 Å². The van der Waals surface area contributed by atoms with Crippen LogP contribution in [0.3, 0.4) is 0 Å². The van der Waals surface area contributed by atoms with Gasteiger partial charge >= 0.3 is 0 Å². The molecule has 1 aliphatic carbocycles. The maximum atomic E-state index is 11.1. The molecule has 0 amide bonds. The summed E-state index contributed by atoms with van der Waals surface area (Å²) < 4.78 is 13.6. The number of hydrogen-bond donors (Lipinski definition) is 2.